The lowest BCUT2D eigenvalue weighted by Crippen LogP contribution is -1.99. The van der Waals surface area contributed by atoms with E-state index in [0.29, 0.717) is 12.3 Å². The molecule has 1 unspecified atom stereocenters. The Labute approximate surface area is 101 Å². The van der Waals surface area contributed by atoms with Gasteiger partial charge in [-0.05, 0) is 18.1 Å². The van der Waals surface area contributed by atoms with Gasteiger partial charge in [-0.15, -0.1) is 0 Å². The van der Waals surface area contributed by atoms with E-state index in [4.69, 9.17) is 9.52 Å². The van der Waals surface area contributed by atoms with E-state index in [0.717, 1.165) is 5.69 Å². The van der Waals surface area contributed by atoms with Gasteiger partial charge in [-0.1, -0.05) is 31.2 Å². The standard InChI is InChI=1S/C14H17NO2/c1-10-5-3-4-6-12(10)7-14-15-13(9-17-14)11(2)8-16/h3-6,9,11,16H,7-8H2,1-2H3. The van der Waals surface area contributed by atoms with Crippen molar-refractivity contribution in [2.75, 3.05) is 6.61 Å². The van der Waals surface area contributed by atoms with Gasteiger partial charge in [0.05, 0.1) is 12.3 Å². The van der Waals surface area contributed by atoms with Gasteiger partial charge in [-0.3, -0.25) is 0 Å². The fourth-order valence-corrected chi connectivity index (χ4v) is 1.70. The second-order valence-corrected chi connectivity index (χ2v) is 4.35. The number of rotatable bonds is 4. The van der Waals surface area contributed by atoms with Gasteiger partial charge in [0.1, 0.15) is 6.26 Å². The molecule has 0 saturated carbocycles. The Morgan fingerprint density at radius 2 is 2.12 bits per heavy atom. The first-order valence-electron chi connectivity index (χ1n) is 5.80. The molecule has 0 fully saturated rings. The third kappa shape index (κ3) is 2.74. The van der Waals surface area contributed by atoms with Crippen LogP contribution in [0.1, 0.15) is 35.6 Å². The summed E-state index contributed by atoms with van der Waals surface area (Å²) in [6.07, 6.45) is 2.33. The summed E-state index contributed by atoms with van der Waals surface area (Å²) in [4.78, 5) is 4.39. The van der Waals surface area contributed by atoms with E-state index in [1.54, 1.807) is 6.26 Å². The molecule has 0 aliphatic rings. The fraction of sp³-hybridized carbons (Fsp3) is 0.357. The zero-order valence-corrected chi connectivity index (χ0v) is 10.2. The van der Waals surface area contributed by atoms with Crippen LogP contribution in [0.4, 0.5) is 0 Å². The minimum atomic E-state index is 0.0318. The molecule has 1 atom stereocenters. The second kappa shape index (κ2) is 5.15. The predicted molar refractivity (Wildman–Crippen MR) is 66.0 cm³/mol. The van der Waals surface area contributed by atoms with Gasteiger partial charge in [0.25, 0.3) is 0 Å². The lowest BCUT2D eigenvalue weighted by Gasteiger charge is -2.02. The van der Waals surface area contributed by atoms with Crippen LogP contribution in [0.15, 0.2) is 34.9 Å². The first kappa shape index (κ1) is 11.9. The third-order valence-corrected chi connectivity index (χ3v) is 2.95. The monoisotopic (exact) mass is 231 g/mol. The van der Waals surface area contributed by atoms with Gasteiger partial charge < -0.3 is 9.52 Å². The van der Waals surface area contributed by atoms with Crippen molar-refractivity contribution in [1.29, 1.82) is 0 Å². The zero-order valence-electron chi connectivity index (χ0n) is 10.2. The van der Waals surface area contributed by atoms with E-state index >= 15 is 0 Å². The van der Waals surface area contributed by atoms with Gasteiger partial charge >= 0.3 is 0 Å². The smallest absolute Gasteiger partial charge is 0.198 e. The van der Waals surface area contributed by atoms with Crippen molar-refractivity contribution in [2.45, 2.75) is 26.2 Å². The van der Waals surface area contributed by atoms with Gasteiger partial charge in [0.15, 0.2) is 5.89 Å². The molecular formula is C14H17NO2. The van der Waals surface area contributed by atoms with E-state index < -0.39 is 0 Å². The first-order chi connectivity index (χ1) is 8.20. The molecule has 0 aliphatic carbocycles. The highest BCUT2D eigenvalue weighted by molar-refractivity contribution is 5.28. The Bertz CT molecular complexity index is 490. The van der Waals surface area contributed by atoms with Crippen molar-refractivity contribution in [2.24, 2.45) is 0 Å². The number of oxazole rings is 1. The number of aromatic nitrogens is 1. The van der Waals surface area contributed by atoms with Crippen LogP contribution in [0.2, 0.25) is 0 Å². The van der Waals surface area contributed by atoms with Crippen LogP contribution >= 0.6 is 0 Å². The van der Waals surface area contributed by atoms with Crippen molar-refractivity contribution in [3.63, 3.8) is 0 Å². The molecule has 3 heteroatoms. The number of hydrogen-bond donors (Lipinski definition) is 1. The van der Waals surface area contributed by atoms with Gasteiger partial charge in [-0.2, -0.15) is 0 Å². The van der Waals surface area contributed by atoms with Gasteiger partial charge in [-0.25, -0.2) is 4.98 Å². The average molecular weight is 231 g/mol. The molecule has 0 saturated heterocycles. The minimum absolute atomic E-state index is 0.0318. The number of aliphatic hydroxyl groups is 1. The Morgan fingerprint density at radius 3 is 2.82 bits per heavy atom. The molecule has 1 aromatic carbocycles. The summed E-state index contributed by atoms with van der Waals surface area (Å²) in [5.41, 5.74) is 3.27. The molecule has 2 aromatic rings. The van der Waals surface area contributed by atoms with Crippen LogP contribution in [-0.2, 0) is 6.42 Å². The minimum Gasteiger partial charge on any atom is -0.448 e. The van der Waals surface area contributed by atoms with Gasteiger partial charge in [0.2, 0.25) is 0 Å². The molecule has 3 nitrogen and oxygen atoms in total. The number of benzene rings is 1. The molecule has 1 heterocycles. The second-order valence-electron chi connectivity index (χ2n) is 4.35. The molecule has 1 N–H and O–H groups in total. The van der Waals surface area contributed by atoms with Crippen LogP contribution in [0, 0.1) is 6.92 Å². The van der Waals surface area contributed by atoms with Crippen molar-refractivity contribution < 1.29 is 9.52 Å². The molecule has 17 heavy (non-hydrogen) atoms. The fourth-order valence-electron chi connectivity index (χ4n) is 1.70. The lowest BCUT2D eigenvalue weighted by atomic mass is 10.1. The van der Waals surface area contributed by atoms with Crippen LogP contribution in [-0.4, -0.2) is 16.7 Å². The number of aryl methyl sites for hydroxylation is 1. The topological polar surface area (TPSA) is 46.3 Å². The molecule has 90 valence electrons. The molecular weight excluding hydrogens is 214 g/mol. The van der Waals surface area contributed by atoms with E-state index in [1.807, 2.05) is 19.1 Å². The Balaban J connectivity index is 2.14. The Hall–Kier alpha value is -1.61. The van der Waals surface area contributed by atoms with Crippen LogP contribution in [0.25, 0.3) is 0 Å². The first-order valence-corrected chi connectivity index (χ1v) is 5.80. The van der Waals surface area contributed by atoms with E-state index in [-0.39, 0.29) is 12.5 Å². The van der Waals surface area contributed by atoms with Crippen molar-refractivity contribution in [1.82, 2.24) is 4.98 Å². The highest BCUT2D eigenvalue weighted by Crippen LogP contribution is 2.17. The summed E-state index contributed by atoms with van der Waals surface area (Å²) in [5.74, 6) is 0.735. The lowest BCUT2D eigenvalue weighted by molar-refractivity contribution is 0.271. The predicted octanol–water partition coefficient (Wildman–Crippen LogP) is 2.67. The maximum absolute atomic E-state index is 9.05. The van der Waals surface area contributed by atoms with Crippen LogP contribution < -0.4 is 0 Å². The molecule has 0 radical (unpaired) electrons. The largest absolute Gasteiger partial charge is 0.448 e. The van der Waals surface area contributed by atoms with E-state index in [2.05, 4.69) is 24.0 Å². The van der Waals surface area contributed by atoms with Crippen molar-refractivity contribution in [3.05, 3.63) is 53.2 Å². The van der Waals surface area contributed by atoms with Crippen molar-refractivity contribution in [3.8, 4) is 0 Å². The average Bonchev–Trinajstić information content (AvgIpc) is 2.80. The summed E-state index contributed by atoms with van der Waals surface area (Å²) >= 11 is 0. The van der Waals surface area contributed by atoms with Crippen LogP contribution in [0.5, 0.6) is 0 Å². The Kier molecular flexibility index (Phi) is 3.59. The molecule has 0 bridgehead atoms. The molecule has 1 aromatic heterocycles. The summed E-state index contributed by atoms with van der Waals surface area (Å²) in [5, 5.41) is 9.05. The molecule has 0 amide bonds. The van der Waals surface area contributed by atoms with Gasteiger partial charge in [0, 0.05) is 12.3 Å². The quantitative estimate of drug-likeness (QED) is 0.880. The summed E-state index contributed by atoms with van der Waals surface area (Å²) in [6.45, 7) is 4.10. The van der Waals surface area contributed by atoms with E-state index in [9.17, 15) is 0 Å². The maximum Gasteiger partial charge on any atom is 0.198 e. The molecule has 2 rings (SSSR count). The number of hydrogen-bond acceptors (Lipinski definition) is 3. The summed E-state index contributed by atoms with van der Waals surface area (Å²) in [7, 11) is 0. The number of nitrogens with zero attached hydrogens (tertiary/aromatic N) is 1. The maximum atomic E-state index is 9.05. The highest BCUT2D eigenvalue weighted by Gasteiger charge is 2.11. The molecule has 0 aliphatic heterocycles. The zero-order chi connectivity index (χ0) is 12.3. The third-order valence-electron chi connectivity index (χ3n) is 2.95. The highest BCUT2D eigenvalue weighted by atomic mass is 16.3. The Morgan fingerprint density at radius 1 is 1.35 bits per heavy atom. The SMILES string of the molecule is Cc1ccccc1Cc1nc(C(C)CO)co1. The number of aliphatic hydroxyl groups excluding tert-OH is 1. The van der Waals surface area contributed by atoms with E-state index in [1.165, 1.54) is 11.1 Å². The summed E-state index contributed by atoms with van der Waals surface area (Å²) in [6, 6.07) is 8.19. The van der Waals surface area contributed by atoms with Crippen molar-refractivity contribution >= 4 is 0 Å². The normalized spacial score (nSPS) is 12.6. The molecule has 0 spiro atoms. The van der Waals surface area contributed by atoms with Crippen LogP contribution in [0.3, 0.4) is 0 Å². The summed E-state index contributed by atoms with van der Waals surface area (Å²) < 4.78 is 5.42.